The highest BCUT2D eigenvalue weighted by molar-refractivity contribution is 7.20. The maximum atomic E-state index is 13.0. The molecule has 28 heavy (non-hydrogen) atoms. The summed E-state index contributed by atoms with van der Waals surface area (Å²) < 4.78 is 14.2. The Morgan fingerprint density at radius 2 is 1.89 bits per heavy atom. The molecule has 1 N–H and O–H groups in total. The van der Waals surface area contributed by atoms with Crippen molar-refractivity contribution in [3.63, 3.8) is 0 Å². The lowest BCUT2D eigenvalue weighted by molar-refractivity contribution is -0.115. The lowest BCUT2D eigenvalue weighted by atomic mass is 10.2. The van der Waals surface area contributed by atoms with E-state index in [9.17, 15) is 9.18 Å². The third-order valence-corrected chi connectivity index (χ3v) is 6.85. The maximum absolute atomic E-state index is 13.0. The van der Waals surface area contributed by atoms with Gasteiger partial charge in [-0.3, -0.25) is 4.79 Å². The van der Waals surface area contributed by atoms with Crippen LogP contribution in [0.15, 0.2) is 41.1 Å². The normalized spacial score (nSPS) is 11.0. The van der Waals surface area contributed by atoms with Gasteiger partial charge in [-0.1, -0.05) is 23.2 Å². The van der Waals surface area contributed by atoms with Crippen LogP contribution in [0.1, 0.15) is 5.69 Å². The van der Waals surface area contributed by atoms with Crippen LogP contribution in [0.2, 0.25) is 8.67 Å². The van der Waals surface area contributed by atoms with Crippen LogP contribution >= 0.6 is 57.2 Å². The van der Waals surface area contributed by atoms with Crippen molar-refractivity contribution >= 4 is 68.3 Å². The Kier molecular flexibility index (Phi) is 5.75. The van der Waals surface area contributed by atoms with Gasteiger partial charge in [-0.05, 0) is 30.3 Å². The van der Waals surface area contributed by atoms with Crippen molar-refractivity contribution in [1.29, 1.82) is 0 Å². The number of halogens is 3. The number of nitrogens with zero attached hydrogens (tertiary/aromatic N) is 2. The first kappa shape index (κ1) is 19.5. The third-order valence-electron chi connectivity index (χ3n) is 3.67. The van der Waals surface area contributed by atoms with Gasteiger partial charge in [-0.2, -0.15) is 0 Å². The van der Waals surface area contributed by atoms with E-state index in [2.05, 4.69) is 15.3 Å². The fraction of sp³-hybridized carbons (Fsp3) is 0.0556. The molecule has 4 rings (SSSR count). The number of thiazole rings is 2. The first-order valence-electron chi connectivity index (χ1n) is 7.89. The lowest BCUT2D eigenvalue weighted by Crippen LogP contribution is -2.14. The number of benzene rings is 1. The number of carbonyl (C=O) groups excluding carboxylic acids is 1. The minimum atomic E-state index is -0.297. The number of carbonyl (C=O) groups is 1. The van der Waals surface area contributed by atoms with E-state index in [1.54, 1.807) is 18.2 Å². The number of hydrogen-bond acceptors (Lipinski definition) is 6. The Labute approximate surface area is 181 Å². The molecule has 0 unspecified atom stereocenters. The van der Waals surface area contributed by atoms with Crippen molar-refractivity contribution in [3.05, 3.63) is 61.3 Å². The Bertz CT molecular complexity index is 1140. The third kappa shape index (κ3) is 4.42. The van der Waals surface area contributed by atoms with Gasteiger partial charge in [0.15, 0.2) is 5.13 Å². The van der Waals surface area contributed by atoms with Crippen LogP contribution in [0.25, 0.3) is 21.8 Å². The Morgan fingerprint density at radius 1 is 1.11 bits per heavy atom. The molecule has 142 valence electrons. The second-order valence-electron chi connectivity index (χ2n) is 5.65. The zero-order valence-corrected chi connectivity index (χ0v) is 17.9. The fourth-order valence-corrected chi connectivity index (χ4v) is 5.44. The molecule has 0 bridgehead atoms. The van der Waals surface area contributed by atoms with Gasteiger partial charge < -0.3 is 5.32 Å². The monoisotopic (exact) mass is 469 g/mol. The predicted octanol–water partition coefficient (Wildman–Crippen LogP) is 6.62. The van der Waals surface area contributed by atoms with Crippen LogP contribution in [0.4, 0.5) is 9.52 Å². The molecule has 4 nitrogen and oxygen atoms in total. The van der Waals surface area contributed by atoms with Crippen LogP contribution in [0.5, 0.6) is 0 Å². The van der Waals surface area contributed by atoms with E-state index in [-0.39, 0.29) is 18.1 Å². The van der Waals surface area contributed by atoms with Gasteiger partial charge >= 0.3 is 0 Å². The molecule has 0 atom stereocenters. The van der Waals surface area contributed by atoms with Gasteiger partial charge in [0.2, 0.25) is 5.91 Å². The van der Waals surface area contributed by atoms with E-state index in [1.807, 2.05) is 10.8 Å². The van der Waals surface area contributed by atoms with Gasteiger partial charge in [-0.15, -0.1) is 34.0 Å². The molecule has 0 fully saturated rings. The van der Waals surface area contributed by atoms with Crippen LogP contribution in [-0.2, 0) is 11.2 Å². The minimum absolute atomic E-state index is 0.123. The van der Waals surface area contributed by atoms with Crippen LogP contribution < -0.4 is 5.32 Å². The highest BCUT2D eigenvalue weighted by atomic mass is 35.5. The summed E-state index contributed by atoms with van der Waals surface area (Å²) in [5.74, 6) is -0.514. The number of hydrogen-bond donors (Lipinski definition) is 1. The molecule has 4 aromatic rings. The number of nitrogens with one attached hydrogen (secondary N) is 1. The second kappa shape index (κ2) is 8.26. The number of aromatic nitrogens is 2. The SMILES string of the molecule is O=C(Cc1csc(-c2ccc(F)cc2)n1)Nc1nc(-c2cc(Cl)sc2Cl)cs1. The number of thiophene rings is 1. The van der Waals surface area contributed by atoms with E-state index >= 15 is 0 Å². The van der Waals surface area contributed by atoms with Crippen LogP contribution in [0.3, 0.4) is 0 Å². The lowest BCUT2D eigenvalue weighted by Gasteiger charge is -1.99. The predicted molar refractivity (Wildman–Crippen MR) is 115 cm³/mol. The van der Waals surface area contributed by atoms with E-state index in [0.717, 1.165) is 16.1 Å². The van der Waals surface area contributed by atoms with Crippen molar-refractivity contribution in [1.82, 2.24) is 9.97 Å². The highest BCUT2D eigenvalue weighted by Crippen LogP contribution is 2.39. The molecular weight excluding hydrogens is 460 g/mol. The number of anilines is 1. The standard InChI is InChI=1S/C18H10Cl2FN3OS3/c19-14-6-12(16(20)28-14)13-8-27-18(23-13)24-15(25)5-11-7-26-17(22-11)9-1-3-10(21)4-2-9/h1-4,6-8H,5H2,(H,23,24,25). The van der Waals surface area contributed by atoms with Crippen molar-refractivity contribution in [2.24, 2.45) is 0 Å². The first-order chi connectivity index (χ1) is 13.5. The minimum Gasteiger partial charge on any atom is -0.302 e. The van der Waals surface area contributed by atoms with E-state index in [4.69, 9.17) is 23.2 Å². The average molecular weight is 470 g/mol. The topological polar surface area (TPSA) is 54.9 Å². The van der Waals surface area contributed by atoms with E-state index in [0.29, 0.717) is 25.2 Å². The molecule has 3 aromatic heterocycles. The zero-order chi connectivity index (χ0) is 19.7. The van der Waals surface area contributed by atoms with E-state index in [1.165, 1.54) is 46.1 Å². The van der Waals surface area contributed by atoms with Gasteiger partial charge in [0.1, 0.15) is 15.2 Å². The summed E-state index contributed by atoms with van der Waals surface area (Å²) in [7, 11) is 0. The quantitative estimate of drug-likeness (QED) is 0.357. The van der Waals surface area contributed by atoms with Gasteiger partial charge in [0, 0.05) is 21.9 Å². The van der Waals surface area contributed by atoms with Crippen molar-refractivity contribution in [3.8, 4) is 21.8 Å². The molecule has 0 radical (unpaired) electrons. The summed E-state index contributed by atoms with van der Waals surface area (Å²) >= 11 is 16.1. The number of rotatable bonds is 5. The van der Waals surface area contributed by atoms with Crippen molar-refractivity contribution < 1.29 is 9.18 Å². The summed E-state index contributed by atoms with van der Waals surface area (Å²) in [6.07, 6.45) is 0.123. The second-order valence-corrected chi connectivity index (χ2v) is 9.65. The molecular formula is C18H10Cl2FN3OS3. The van der Waals surface area contributed by atoms with E-state index < -0.39 is 0 Å². The molecule has 3 heterocycles. The molecule has 0 saturated carbocycles. The average Bonchev–Trinajstić information content (AvgIpc) is 3.36. The first-order valence-corrected chi connectivity index (χ1v) is 11.2. The summed E-state index contributed by atoms with van der Waals surface area (Å²) in [5.41, 5.74) is 2.87. The van der Waals surface area contributed by atoms with Crippen molar-refractivity contribution in [2.45, 2.75) is 6.42 Å². The molecule has 0 aliphatic carbocycles. The molecule has 1 amide bonds. The zero-order valence-electron chi connectivity index (χ0n) is 13.9. The number of amides is 1. The maximum Gasteiger partial charge on any atom is 0.232 e. The van der Waals surface area contributed by atoms with Crippen molar-refractivity contribution in [2.75, 3.05) is 5.32 Å². The Balaban J connectivity index is 1.41. The van der Waals surface area contributed by atoms with Gasteiger partial charge in [-0.25, -0.2) is 14.4 Å². The van der Waals surface area contributed by atoms with Gasteiger partial charge in [0.25, 0.3) is 0 Å². The summed E-state index contributed by atoms with van der Waals surface area (Å²) in [4.78, 5) is 21.2. The smallest absolute Gasteiger partial charge is 0.232 e. The molecule has 10 heteroatoms. The molecule has 0 aliphatic heterocycles. The summed E-state index contributed by atoms with van der Waals surface area (Å²) in [6.45, 7) is 0. The summed E-state index contributed by atoms with van der Waals surface area (Å²) in [5, 5.41) is 7.63. The highest BCUT2D eigenvalue weighted by Gasteiger charge is 2.14. The van der Waals surface area contributed by atoms with Crippen LogP contribution in [-0.4, -0.2) is 15.9 Å². The Morgan fingerprint density at radius 3 is 2.61 bits per heavy atom. The largest absolute Gasteiger partial charge is 0.302 e. The fourth-order valence-electron chi connectivity index (χ4n) is 2.41. The molecule has 0 aliphatic rings. The van der Waals surface area contributed by atoms with Crippen LogP contribution in [0, 0.1) is 5.82 Å². The molecule has 0 saturated heterocycles. The molecule has 1 aromatic carbocycles. The van der Waals surface area contributed by atoms with Gasteiger partial charge in [0.05, 0.1) is 22.1 Å². The summed E-state index contributed by atoms with van der Waals surface area (Å²) in [6, 6.07) is 7.85. The Hall–Kier alpha value is -1.84. The molecule has 0 spiro atoms.